The van der Waals surface area contributed by atoms with E-state index < -0.39 is 0 Å². The van der Waals surface area contributed by atoms with Crippen molar-refractivity contribution >= 4 is 0 Å². The first-order valence-corrected chi connectivity index (χ1v) is 6.44. The van der Waals surface area contributed by atoms with Crippen LogP contribution in [0.15, 0.2) is 18.5 Å². The second-order valence-corrected chi connectivity index (χ2v) is 5.19. The van der Waals surface area contributed by atoms with Crippen LogP contribution in [-0.4, -0.2) is 22.4 Å². The maximum absolute atomic E-state index is 4.42. The summed E-state index contributed by atoms with van der Waals surface area (Å²) in [4.78, 5) is 0. The Hall–Kier alpha value is -0.830. The summed E-state index contributed by atoms with van der Waals surface area (Å²) in [5.74, 6) is 1.53. The van der Waals surface area contributed by atoms with Crippen molar-refractivity contribution < 1.29 is 0 Å². The molecule has 1 N–H and O–H groups in total. The molecule has 0 radical (unpaired) electrons. The fourth-order valence-corrected chi connectivity index (χ4v) is 3.21. The Morgan fingerprint density at radius 2 is 2.19 bits per heavy atom. The monoisotopic (exact) mass is 221 g/mol. The molecule has 1 saturated carbocycles. The van der Waals surface area contributed by atoms with E-state index >= 15 is 0 Å². The lowest BCUT2D eigenvalue weighted by molar-refractivity contribution is 0.144. The highest BCUT2D eigenvalue weighted by molar-refractivity contribution is 4.93. The van der Waals surface area contributed by atoms with Crippen molar-refractivity contribution in [1.82, 2.24) is 15.1 Å². The smallest absolute Gasteiger partial charge is 0.0697 e. The SMILES string of the molecule is CCNC1CC(C)CC(C)C1n1cccn1. The van der Waals surface area contributed by atoms with E-state index in [4.69, 9.17) is 0 Å². The van der Waals surface area contributed by atoms with Crippen LogP contribution in [0.4, 0.5) is 0 Å². The van der Waals surface area contributed by atoms with Crippen molar-refractivity contribution in [3.8, 4) is 0 Å². The quantitative estimate of drug-likeness (QED) is 0.849. The van der Waals surface area contributed by atoms with Gasteiger partial charge in [0.05, 0.1) is 6.04 Å². The van der Waals surface area contributed by atoms with Gasteiger partial charge in [0.15, 0.2) is 0 Å². The lowest BCUT2D eigenvalue weighted by Crippen LogP contribution is -2.45. The first kappa shape index (κ1) is 11.6. The van der Waals surface area contributed by atoms with E-state index in [1.807, 2.05) is 12.3 Å². The highest BCUT2D eigenvalue weighted by atomic mass is 15.3. The van der Waals surface area contributed by atoms with Crippen LogP contribution in [0.2, 0.25) is 0 Å². The number of nitrogens with zero attached hydrogens (tertiary/aromatic N) is 2. The van der Waals surface area contributed by atoms with Gasteiger partial charge in [-0.2, -0.15) is 5.10 Å². The second-order valence-electron chi connectivity index (χ2n) is 5.19. The number of aromatic nitrogens is 2. The largest absolute Gasteiger partial charge is 0.312 e. The average Bonchev–Trinajstić information content (AvgIpc) is 2.70. The Balaban J connectivity index is 2.17. The zero-order valence-corrected chi connectivity index (χ0v) is 10.6. The molecule has 16 heavy (non-hydrogen) atoms. The van der Waals surface area contributed by atoms with Crippen molar-refractivity contribution in [1.29, 1.82) is 0 Å². The molecule has 90 valence electrons. The number of likely N-dealkylation sites (N-methyl/N-ethyl adjacent to an activating group) is 1. The van der Waals surface area contributed by atoms with Crippen LogP contribution in [0.5, 0.6) is 0 Å². The summed E-state index contributed by atoms with van der Waals surface area (Å²) in [6.07, 6.45) is 6.56. The number of rotatable bonds is 3. The minimum Gasteiger partial charge on any atom is -0.312 e. The van der Waals surface area contributed by atoms with Crippen LogP contribution in [-0.2, 0) is 0 Å². The van der Waals surface area contributed by atoms with Gasteiger partial charge in [0.1, 0.15) is 0 Å². The molecule has 1 aromatic heterocycles. The van der Waals surface area contributed by atoms with Crippen LogP contribution in [0, 0.1) is 11.8 Å². The van der Waals surface area contributed by atoms with E-state index in [1.54, 1.807) is 0 Å². The van der Waals surface area contributed by atoms with Gasteiger partial charge in [0.25, 0.3) is 0 Å². The van der Waals surface area contributed by atoms with Crippen molar-refractivity contribution in [2.45, 2.75) is 45.7 Å². The second kappa shape index (κ2) is 5.00. The summed E-state index contributed by atoms with van der Waals surface area (Å²) in [5.41, 5.74) is 0. The Kier molecular flexibility index (Phi) is 3.64. The molecule has 1 fully saturated rings. The maximum Gasteiger partial charge on any atom is 0.0697 e. The summed E-state index contributed by atoms with van der Waals surface area (Å²) < 4.78 is 2.14. The van der Waals surface area contributed by atoms with Crippen LogP contribution in [0.3, 0.4) is 0 Å². The van der Waals surface area contributed by atoms with Crippen molar-refractivity contribution in [2.24, 2.45) is 11.8 Å². The van der Waals surface area contributed by atoms with Gasteiger partial charge in [0.2, 0.25) is 0 Å². The Bertz CT molecular complexity index is 307. The van der Waals surface area contributed by atoms with Crippen LogP contribution in [0.1, 0.15) is 39.7 Å². The summed E-state index contributed by atoms with van der Waals surface area (Å²) in [6, 6.07) is 3.11. The number of hydrogen-bond acceptors (Lipinski definition) is 2. The van der Waals surface area contributed by atoms with Crippen LogP contribution in [0.25, 0.3) is 0 Å². The zero-order chi connectivity index (χ0) is 11.5. The van der Waals surface area contributed by atoms with E-state index in [0.717, 1.165) is 12.5 Å². The van der Waals surface area contributed by atoms with Crippen LogP contribution >= 0.6 is 0 Å². The van der Waals surface area contributed by atoms with Gasteiger partial charge < -0.3 is 5.32 Å². The minimum atomic E-state index is 0.520. The maximum atomic E-state index is 4.42. The first-order valence-electron chi connectivity index (χ1n) is 6.44. The van der Waals surface area contributed by atoms with Crippen molar-refractivity contribution in [3.63, 3.8) is 0 Å². The third-order valence-electron chi connectivity index (χ3n) is 3.72. The molecule has 4 unspecified atom stereocenters. The van der Waals surface area contributed by atoms with Gasteiger partial charge in [-0.15, -0.1) is 0 Å². The number of hydrogen-bond donors (Lipinski definition) is 1. The lowest BCUT2D eigenvalue weighted by Gasteiger charge is -2.40. The van der Waals surface area contributed by atoms with Gasteiger partial charge in [-0.25, -0.2) is 0 Å². The molecule has 1 heterocycles. The zero-order valence-electron chi connectivity index (χ0n) is 10.6. The molecule has 1 aromatic rings. The van der Waals surface area contributed by atoms with Crippen molar-refractivity contribution in [2.75, 3.05) is 6.54 Å². The molecule has 0 aliphatic heterocycles. The molecule has 0 saturated heterocycles. The molecule has 3 heteroatoms. The van der Waals surface area contributed by atoms with Crippen molar-refractivity contribution in [3.05, 3.63) is 18.5 Å². The topological polar surface area (TPSA) is 29.9 Å². The first-order chi connectivity index (χ1) is 7.72. The van der Waals surface area contributed by atoms with Gasteiger partial charge >= 0.3 is 0 Å². The predicted octanol–water partition coefficient (Wildman–Crippen LogP) is 2.47. The predicted molar refractivity (Wildman–Crippen MR) is 66.3 cm³/mol. The van der Waals surface area contributed by atoms with E-state index in [9.17, 15) is 0 Å². The third-order valence-corrected chi connectivity index (χ3v) is 3.72. The fraction of sp³-hybridized carbons (Fsp3) is 0.769. The molecule has 1 aliphatic carbocycles. The molecule has 1 aliphatic rings. The molecule has 2 rings (SSSR count). The van der Waals surface area contributed by atoms with E-state index in [1.165, 1.54) is 12.8 Å². The van der Waals surface area contributed by atoms with Crippen LogP contribution < -0.4 is 5.32 Å². The summed E-state index contributed by atoms with van der Waals surface area (Å²) >= 11 is 0. The Labute approximate surface area is 98.2 Å². The van der Waals surface area contributed by atoms with E-state index in [-0.39, 0.29) is 0 Å². The highest BCUT2D eigenvalue weighted by Crippen LogP contribution is 2.36. The Morgan fingerprint density at radius 3 is 2.81 bits per heavy atom. The summed E-state index contributed by atoms with van der Waals surface area (Å²) in [5, 5.41) is 8.05. The third kappa shape index (κ3) is 2.29. The standard InChI is InChI=1S/C13H23N3/c1-4-14-12-9-10(2)8-11(3)13(12)16-7-5-6-15-16/h5-7,10-14H,4,8-9H2,1-3H3. The van der Waals surface area contributed by atoms with Gasteiger partial charge in [-0.05, 0) is 37.3 Å². The summed E-state index contributed by atoms with van der Waals surface area (Å²) in [6.45, 7) is 7.94. The molecular formula is C13H23N3. The van der Waals surface area contributed by atoms with Gasteiger partial charge in [-0.3, -0.25) is 4.68 Å². The molecule has 4 atom stereocenters. The molecule has 0 spiro atoms. The minimum absolute atomic E-state index is 0.520. The summed E-state index contributed by atoms with van der Waals surface area (Å²) in [7, 11) is 0. The molecule has 0 aromatic carbocycles. The average molecular weight is 221 g/mol. The Morgan fingerprint density at radius 1 is 1.38 bits per heavy atom. The van der Waals surface area contributed by atoms with E-state index in [2.05, 4.69) is 42.1 Å². The lowest BCUT2D eigenvalue weighted by atomic mass is 9.76. The van der Waals surface area contributed by atoms with Gasteiger partial charge in [-0.1, -0.05) is 20.8 Å². The molecule has 0 bridgehead atoms. The fourth-order valence-electron chi connectivity index (χ4n) is 3.21. The highest BCUT2D eigenvalue weighted by Gasteiger charge is 2.34. The molecular weight excluding hydrogens is 198 g/mol. The number of nitrogens with one attached hydrogen (secondary N) is 1. The molecule has 0 amide bonds. The normalized spacial score (nSPS) is 35.2. The van der Waals surface area contributed by atoms with Gasteiger partial charge in [0, 0.05) is 18.4 Å². The molecule has 3 nitrogen and oxygen atoms in total. The van der Waals surface area contributed by atoms with E-state index in [0.29, 0.717) is 18.0 Å².